The largest absolute Gasteiger partial charge is 0.489 e. The van der Waals surface area contributed by atoms with E-state index >= 15 is 0 Å². The number of ether oxygens (including phenoxy) is 3. The normalized spacial score (nSPS) is 14.1. The maximum atomic E-state index is 10.3. The molecule has 0 aromatic heterocycles. The van der Waals surface area contributed by atoms with Crippen LogP contribution in [0.15, 0.2) is 12.1 Å². The molecule has 0 aliphatic carbocycles. The smallest absolute Gasteiger partial charge is 0.329 e. The van der Waals surface area contributed by atoms with Crippen LogP contribution in [0.2, 0.25) is 5.02 Å². The van der Waals surface area contributed by atoms with Crippen LogP contribution < -0.4 is 9.47 Å². The van der Waals surface area contributed by atoms with E-state index in [1.54, 1.807) is 12.1 Å². The highest BCUT2D eigenvalue weighted by Crippen LogP contribution is 2.38. The Labute approximate surface area is 109 Å². The number of carboxylic acid groups (broad SMARTS) is 1. The molecule has 0 saturated heterocycles. The van der Waals surface area contributed by atoms with Crippen molar-refractivity contribution >= 4 is 17.6 Å². The topological polar surface area (TPSA) is 65.0 Å². The summed E-state index contributed by atoms with van der Waals surface area (Å²) in [7, 11) is 0. The second kappa shape index (κ2) is 5.93. The van der Waals surface area contributed by atoms with Crippen molar-refractivity contribution in [2.24, 2.45) is 0 Å². The lowest BCUT2D eigenvalue weighted by molar-refractivity contribution is -0.142. The molecule has 0 spiro atoms. The molecule has 0 radical (unpaired) electrons. The van der Waals surface area contributed by atoms with Crippen LogP contribution in [-0.2, 0) is 16.1 Å². The molecule has 1 aliphatic heterocycles. The van der Waals surface area contributed by atoms with Crippen molar-refractivity contribution in [2.45, 2.75) is 13.0 Å². The van der Waals surface area contributed by atoms with Crippen LogP contribution in [0, 0.1) is 0 Å². The molecule has 1 aliphatic rings. The van der Waals surface area contributed by atoms with Crippen LogP contribution >= 0.6 is 11.6 Å². The first-order chi connectivity index (χ1) is 8.66. The van der Waals surface area contributed by atoms with E-state index in [0.29, 0.717) is 29.7 Å². The Kier molecular flexibility index (Phi) is 4.28. The molecule has 2 rings (SSSR count). The average molecular weight is 273 g/mol. The Morgan fingerprint density at radius 2 is 2.17 bits per heavy atom. The van der Waals surface area contributed by atoms with Gasteiger partial charge < -0.3 is 19.3 Å². The third kappa shape index (κ3) is 3.27. The van der Waals surface area contributed by atoms with E-state index in [-0.39, 0.29) is 13.2 Å². The van der Waals surface area contributed by atoms with Gasteiger partial charge in [0.15, 0.2) is 11.5 Å². The summed E-state index contributed by atoms with van der Waals surface area (Å²) in [5.74, 6) is 0.112. The molecule has 0 atom stereocenters. The van der Waals surface area contributed by atoms with Crippen LogP contribution in [0.3, 0.4) is 0 Å². The van der Waals surface area contributed by atoms with E-state index < -0.39 is 5.97 Å². The Morgan fingerprint density at radius 1 is 1.39 bits per heavy atom. The summed E-state index contributed by atoms with van der Waals surface area (Å²) in [6.07, 6.45) is 0.801. The zero-order valence-corrected chi connectivity index (χ0v) is 10.4. The molecule has 0 amide bonds. The fourth-order valence-electron chi connectivity index (χ4n) is 1.62. The third-order valence-electron chi connectivity index (χ3n) is 2.36. The number of carboxylic acids is 1. The predicted molar refractivity (Wildman–Crippen MR) is 64.4 cm³/mol. The molecule has 1 aromatic rings. The minimum atomic E-state index is -1.00. The first-order valence-electron chi connectivity index (χ1n) is 5.54. The van der Waals surface area contributed by atoms with Crippen molar-refractivity contribution in [3.8, 4) is 11.5 Å². The molecule has 1 heterocycles. The van der Waals surface area contributed by atoms with E-state index in [2.05, 4.69) is 0 Å². The molecule has 6 heteroatoms. The summed E-state index contributed by atoms with van der Waals surface area (Å²) in [5.41, 5.74) is 0.755. The van der Waals surface area contributed by atoms with Crippen molar-refractivity contribution in [3.63, 3.8) is 0 Å². The number of hydrogen-bond acceptors (Lipinski definition) is 4. The lowest BCUT2D eigenvalue weighted by Crippen LogP contribution is -2.06. The second-order valence-corrected chi connectivity index (χ2v) is 4.25. The monoisotopic (exact) mass is 272 g/mol. The average Bonchev–Trinajstić information content (AvgIpc) is 2.54. The zero-order chi connectivity index (χ0) is 13.0. The minimum absolute atomic E-state index is 0.169. The van der Waals surface area contributed by atoms with E-state index in [4.69, 9.17) is 30.9 Å². The molecule has 5 nitrogen and oxygen atoms in total. The fourth-order valence-corrected chi connectivity index (χ4v) is 1.91. The maximum absolute atomic E-state index is 10.3. The molecule has 0 saturated carbocycles. The van der Waals surface area contributed by atoms with Gasteiger partial charge in [-0.15, -0.1) is 0 Å². The molecule has 1 aromatic carbocycles. The zero-order valence-electron chi connectivity index (χ0n) is 9.65. The number of carbonyl (C=O) groups is 1. The van der Waals surface area contributed by atoms with Crippen LogP contribution in [0.5, 0.6) is 11.5 Å². The molecular weight excluding hydrogens is 260 g/mol. The van der Waals surface area contributed by atoms with Crippen LogP contribution in [0.4, 0.5) is 0 Å². The van der Waals surface area contributed by atoms with Gasteiger partial charge in [-0.3, -0.25) is 0 Å². The van der Waals surface area contributed by atoms with E-state index in [9.17, 15) is 4.79 Å². The summed E-state index contributed by atoms with van der Waals surface area (Å²) in [4.78, 5) is 10.3. The molecule has 0 unspecified atom stereocenters. The molecular formula is C12H13ClO5. The Bertz CT molecular complexity index is 446. The van der Waals surface area contributed by atoms with Gasteiger partial charge in [-0.2, -0.15) is 0 Å². The van der Waals surface area contributed by atoms with Gasteiger partial charge in [0.25, 0.3) is 0 Å². The maximum Gasteiger partial charge on any atom is 0.329 e. The first-order valence-corrected chi connectivity index (χ1v) is 5.92. The standard InChI is InChI=1S/C12H13ClO5/c13-9-4-8(6-16-7-11(14)15)5-10-12(9)18-3-1-2-17-10/h4-5H,1-3,6-7H2,(H,14,15). The Morgan fingerprint density at radius 3 is 2.94 bits per heavy atom. The number of benzene rings is 1. The van der Waals surface area contributed by atoms with Crippen molar-refractivity contribution in [2.75, 3.05) is 19.8 Å². The van der Waals surface area contributed by atoms with E-state index in [1.165, 1.54) is 0 Å². The summed E-state index contributed by atoms with van der Waals surface area (Å²) >= 11 is 6.08. The molecule has 1 N–H and O–H groups in total. The minimum Gasteiger partial charge on any atom is -0.489 e. The summed E-state index contributed by atoms with van der Waals surface area (Å²) < 4.78 is 16.0. The van der Waals surface area contributed by atoms with E-state index in [1.807, 2.05) is 0 Å². The van der Waals surface area contributed by atoms with Gasteiger partial charge in [-0.1, -0.05) is 11.6 Å². The van der Waals surface area contributed by atoms with Crippen molar-refractivity contribution in [1.82, 2.24) is 0 Å². The summed E-state index contributed by atoms with van der Waals surface area (Å²) in [6, 6.07) is 3.45. The van der Waals surface area contributed by atoms with Crippen molar-refractivity contribution < 1.29 is 24.1 Å². The first kappa shape index (κ1) is 13.0. The Hall–Kier alpha value is -1.46. The number of fused-ring (bicyclic) bond motifs is 1. The quantitative estimate of drug-likeness (QED) is 0.909. The Balaban J connectivity index is 2.10. The van der Waals surface area contributed by atoms with Crippen LogP contribution in [-0.4, -0.2) is 30.9 Å². The SMILES string of the molecule is O=C(O)COCc1cc(Cl)c2c(c1)OCCCO2. The number of aliphatic carboxylic acids is 1. The predicted octanol–water partition coefficient (Wildman–Crippen LogP) is 2.10. The molecule has 0 bridgehead atoms. The van der Waals surface area contributed by atoms with Gasteiger partial charge in [0.05, 0.1) is 24.8 Å². The van der Waals surface area contributed by atoms with Crippen molar-refractivity contribution in [1.29, 1.82) is 0 Å². The highest BCUT2D eigenvalue weighted by atomic mass is 35.5. The molecule has 18 heavy (non-hydrogen) atoms. The lowest BCUT2D eigenvalue weighted by Gasteiger charge is -2.11. The van der Waals surface area contributed by atoms with Crippen LogP contribution in [0.1, 0.15) is 12.0 Å². The van der Waals surface area contributed by atoms with Crippen molar-refractivity contribution in [3.05, 3.63) is 22.7 Å². The van der Waals surface area contributed by atoms with Gasteiger partial charge in [0, 0.05) is 6.42 Å². The lowest BCUT2D eigenvalue weighted by atomic mass is 10.2. The van der Waals surface area contributed by atoms with E-state index in [0.717, 1.165) is 12.0 Å². The van der Waals surface area contributed by atoms with Crippen LogP contribution in [0.25, 0.3) is 0 Å². The van der Waals surface area contributed by atoms with Gasteiger partial charge >= 0.3 is 5.97 Å². The molecule has 98 valence electrons. The second-order valence-electron chi connectivity index (χ2n) is 3.84. The highest BCUT2D eigenvalue weighted by Gasteiger charge is 2.15. The van der Waals surface area contributed by atoms with Gasteiger partial charge in [-0.05, 0) is 17.7 Å². The third-order valence-corrected chi connectivity index (χ3v) is 2.64. The summed E-state index contributed by atoms with van der Waals surface area (Å²) in [6.45, 7) is 0.971. The highest BCUT2D eigenvalue weighted by molar-refractivity contribution is 6.32. The van der Waals surface area contributed by atoms with Gasteiger partial charge in [0.2, 0.25) is 0 Å². The van der Waals surface area contributed by atoms with Gasteiger partial charge in [-0.25, -0.2) is 4.79 Å². The number of hydrogen-bond donors (Lipinski definition) is 1. The summed E-state index contributed by atoms with van der Waals surface area (Å²) in [5, 5.41) is 8.93. The fraction of sp³-hybridized carbons (Fsp3) is 0.417. The molecule has 0 fully saturated rings. The van der Waals surface area contributed by atoms with Gasteiger partial charge in [0.1, 0.15) is 6.61 Å². The number of rotatable bonds is 4. The number of halogens is 1.